The second-order valence-electron chi connectivity index (χ2n) is 15.3. The molecule has 11 rings (SSSR count). The van der Waals surface area contributed by atoms with Crippen LogP contribution in [0.2, 0.25) is 0 Å². The molecule has 0 radical (unpaired) electrons. The van der Waals surface area contributed by atoms with Gasteiger partial charge in [-0.2, -0.15) is 0 Å². The third-order valence-corrected chi connectivity index (χ3v) is 12.0. The molecule has 0 amide bonds. The van der Waals surface area contributed by atoms with Crippen LogP contribution in [-0.4, -0.2) is 0 Å². The summed E-state index contributed by atoms with van der Waals surface area (Å²) in [5.74, 6) is 0. The minimum Gasteiger partial charge on any atom is -0.310 e. The summed E-state index contributed by atoms with van der Waals surface area (Å²) in [5, 5.41) is 12.7. The van der Waals surface area contributed by atoms with Gasteiger partial charge in [-0.15, -0.1) is 0 Å². The Hall–Kier alpha value is -6.70. The van der Waals surface area contributed by atoms with Crippen LogP contribution in [0.15, 0.2) is 188 Å². The maximum absolute atomic E-state index is 2.47. The van der Waals surface area contributed by atoms with E-state index in [1.807, 2.05) is 0 Å². The van der Waals surface area contributed by atoms with Crippen LogP contribution < -0.4 is 4.90 Å². The number of hydrogen-bond acceptors (Lipinski definition) is 1. The van der Waals surface area contributed by atoms with Crippen molar-refractivity contribution >= 4 is 70.9 Å². The Labute approximate surface area is 315 Å². The lowest BCUT2D eigenvalue weighted by Crippen LogP contribution is -2.16. The van der Waals surface area contributed by atoms with Crippen molar-refractivity contribution in [3.05, 3.63) is 199 Å². The summed E-state index contributed by atoms with van der Waals surface area (Å²) in [7, 11) is 0. The zero-order valence-corrected chi connectivity index (χ0v) is 30.3. The normalized spacial score (nSPS) is 13.1. The molecule has 0 bridgehead atoms. The van der Waals surface area contributed by atoms with E-state index in [2.05, 4.69) is 207 Å². The highest BCUT2D eigenvalue weighted by molar-refractivity contribution is 6.27. The van der Waals surface area contributed by atoms with E-state index in [0.717, 1.165) is 17.1 Å². The van der Waals surface area contributed by atoms with Crippen molar-refractivity contribution in [3.63, 3.8) is 0 Å². The third-order valence-electron chi connectivity index (χ3n) is 12.0. The molecule has 1 nitrogen and oxygen atoms in total. The largest absolute Gasteiger partial charge is 0.310 e. The lowest BCUT2D eigenvalue weighted by atomic mass is 9.82. The molecule has 254 valence electrons. The van der Waals surface area contributed by atoms with E-state index >= 15 is 0 Å². The average molecular weight is 688 g/mol. The van der Waals surface area contributed by atoms with Crippen molar-refractivity contribution < 1.29 is 0 Å². The van der Waals surface area contributed by atoms with E-state index in [0.29, 0.717) is 0 Å². The molecule has 0 saturated heterocycles. The van der Waals surface area contributed by atoms with Crippen LogP contribution in [0.3, 0.4) is 0 Å². The molecule has 0 aliphatic heterocycles. The zero-order chi connectivity index (χ0) is 36.0. The van der Waals surface area contributed by atoms with E-state index in [9.17, 15) is 0 Å². The van der Waals surface area contributed by atoms with Crippen LogP contribution in [-0.2, 0) is 5.41 Å². The molecule has 0 N–H and O–H groups in total. The van der Waals surface area contributed by atoms with E-state index in [-0.39, 0.29) is 5.41 Å². The first-order chi connectivity index (χ1) is 26.5. The first-order valence-corrected chi connectivity index (χ1v) is 18.9. The molecule has 1 heteroatoms. The van der Waals surface area contributed by atoms with Crippen LogP contribution in [0.4, 0.5) is 17.1 Å². The standard InChI is InChI=1S/C53H37N/c1-53(2)49-20-8-7-18-46(49)47-30-29-42(33-50(47)53)54(40-15-9-14-39(31-40)44-19-10-13-34-11-3-5-16-43(34)44)41-28-27-36-22-24-38-26-25-37-23-21-35-12-4-6-17-45(35)51(37)52(38)48(36)32-41/h3-33H,1-2H3. The minimum atomic E-state index is -0.113. The van der Waals surface area contributed by atoms with Gasteiger partial charge >= 0.3 is 0 Å². The summed E-state index contributed by atoms with van der Waals surface area (Å²) in [4.78, 5) is 2.47. The van der Waals surface area contributed by atoms with Crippen LogP contribution in [0, 0.1) is 0 Å². The monoisotopic (exact) mass is 687 g/mol. The Morgan fingerprint density at radius 3 is 1.67 bits per heavy atom. The van der Waals surface area contributed by atoms with E-state index in [1.165, 1.54) is 87.2 Å². The summed E-state index contributed by atoms with van der Waals surface area (Å²) in [6, 6.07) is 69.9. The summed E-state index contributed by atoms with van der Waals surface area (Å²) >= 11 is 0. The highest BCUT2D eigenvalue weighted by atomic mass is 15.1. The Balaban J connectivity index is 1.18. The summed E-state index contributed by atoms with van der Waals surface area (Å²) in [5.41, 5.74) is 11.2. The molecular weight excluding hydrogens is 651 g/mol. The van der Waals surface area contributed by atoms with Gasteiger partial charge < -0.3 is 4.90 Å². The van der Waals surface area contributed by atoms with Gasteiger partial charge in [0, 0.05) is 22.5 Å². The van der Waals surface area contributed by atoms with Gasteiger partial charge in [0.25, 0.3) is 0 Å². The molecule has 54 heavy (non-hydrogen) atoms. The third kappa shape index (κ3) is 4.58. The van der Waals surface area contributed by atoms with Gasteiger partial charge in [-0.1, -0.05) is 166 Å². The molecule has 0 heterocycles. The Bertz CT molecular complexity index is 3130. The maximum Gasteiger partial charge on any atom is 0.0468 e. The highest BCUT2D eigenvalue weighted by Gasteiger charge is 2.35. The molecule has 0 spiro atoms. The molecule has 10 aromatic rings. The van der Waals surface area contributed by atoms with Gasteiger partial charge in [0.1, 0.15) is 0 Å². The first kappa shape index (κ1) is 30.9. The molecule has 0 unspecified atom stereocenters. The molecule has 0 fully saturated rings. The van der Waals surface area contributed by atoms with Crippen molar-refractivity contribution in [1.82, 2.24) is 0 Å². The average Bonchev–Trinajstić information content (AvgIpc) is 3.45. The predicted octanol–water partition coefficient (Wildman–Crippen LogP) is 14.9. The van der Waals surface area contributed by atoms with Crippen LogP contribution >= 0.6 is 0 Å². The van der Waals surface area contributed by atoms with Crippen molar-refractivity contribution in [2.24, 2.45) is 0 Å². The predicted molar refractivity (Wildman–Crippen MR) is 232 cm³/mol. The van der Waals surface area contributed by atoms with E-state index < -0.39 is 0 Å². The molecule has 1 aliphatic carbocycles. The molecule has 0 saturated carbocycles. The van der Waals surface area contributed by atoms with Gasteiger partial charge in [-0.25, -0.2) is 0 Å². The lowest BCUT2D eigenvalue weighted by molar-refractivity contribution is 0.660. The van der Waals surface area contributed by atoms with Gasteiger partial charge in [-0.3, -0.25) is 0 Å². The second-order valence-corrected chi connectivity index (χ2v) is 15.3. The van der Waals surface area contributed by atoms with E-state index in [1.54, 1.807) is 0 Å². The Morgan fingerprint density at radius 2 is 0.852 bits per heavy atom. The zero-order valence-electron chi connectivity index (χ0n) is 30.3. The van der Waals surface area contributed by atoms with E-state index in [4.69, 9.17) is 0 Å². The van der Waals surface area contributed by atoms with Crippen molar-refractivity contribution in [2.45, 2.75) is 19.3 Å². The van der Waals surface area contributed by atoms with Crippen molar-refractivity contribution in [1.29, 1.82) is 0 Å². The number of benzene rings is 10. The number of hydrogen-bond donors (Lipinski definition) is 0. The fraction of sp³-hybridized carbons (Fsp3) is 0.0566. The number of anilines is 3. The smallest absolute Gasteiger partial charge is 0.0468 e. The van der Waals surface area contributed by atoms with Crippen LogP contribution in [0.25, 0.3) is 76.1 Å². The van der Waals surface area contributed by atoms with Gasteiger partial charge in [0.2, 0.25) is 0 Å². The first-order valence-electron chi connectivity index (χ1n) is 18.9. The number of rotatable bonds is 4. The maximum atomic E-state index is 2.47. The molecule has 0 atom stereocenters. The quantitative estimate of drug-likeness (QED) is 0.167. The van der Waals surface area contributed by atoms with Crippen molar-refractivity contribution in [3.8, 4) is 22.3 Å². The molecule has 0 aromatic heterocycles. The number of fused-ring (bicyclic) bond motifs is 11. The van der Waals surface area contributed by atoms with Gasteiger partial charge in [0.05, 0.1) is 0 Å². The fourth-order valence-corrected chi connectivity index (χ4v) is 9.34. The molecular formula is C53H37N. The van der Waals surface area contributed by atoms with Crippen molar-refractivity contribution in [2.75, 3.05) is 4.90 Å². The second kappa shape index (κ2) is 11.7. The van der Waals surface area contributed by atoms with Gasteiger partial charge in [-0.05, 0) is 124 Å². The minimum absolute atomic E-state index is 0.113. The lowest BCUT2D eigenvalue weighted by Gasteiger charge is -2.29. The molecule has 10 aromatic carbocycles. The summed E-state index contributed by atoms with van der Waals surface area (Å²) in [6.07, 6.45) is 0. The van der Waals surface area contributed by atoms with Crippen LogP contribution in [0.1, 0.15) is 25.0 Å². The topological polar surface area (TPSA) is 3.24 Å². The Morgan fingerprint density at radius 1 is 0.333 bits per heavy atom. The summed E-state index contributed by atoms with van der Waals surface area (Å²) < 4.78 is 0. The van der Waals surface area contributed by atoms with Crippen LogP contribution in [0.5, 0.6) is 0 Å². The Kier molecular flexibility index (Phi) is 6.66. The summed E-state index contributed by atoms with van der Waals surface area (Å²) in [6.45, 7) is 4.73. The number of nitrogens with zero attached hydrogens (tertiary/aromatic N) is 1. The van der Waals surface area contributed by atoms with Gasteiger partial charge in [0.15, 0.2) is 0 Å². The molecule has 1 aliphatic rings. The SMILES string of the molecule is CC1(C)c2ccccc2-c2ccc(N(c3cccc(-c4cccc5ccccc45)c3)c3ccc4ccc5ccc6ccc7ccccc7c6c5c4c3)cc21. The highest BCUT2D eigenvalue weighted by Crippen LogP contribution is 2.51. The fourth-order valence-electron chi connectivity index (χ4n) is 9.34.